The maximum atomic E-state index is 11.9. The number of hydrogen-bond donors (Lipinski definition) is 1. The van der Waals surface area contributed by atoms with Crippen molar-refractivity contribution in [2.24, 2.45) is 0 Å². The summed E-state index contributed by atoms with van der Waals surface area (Å²) in [5, 5.41) is 8.47. The van der Waals surface area contributed by atoms with Crippen LogP contribution >= 0.6 is 0 Å². The van der Waals surface area contributed by atoms with Gasteiger partial charge in [-0.1, -0.05) is 26.0 Å². The summed E-state index contributed by atoms with van der Waals surface area (Å²) < 4.78 is 23.8. The molecular formula is C24H31F2N3O. The molecule has 0 saturated heterocycles. The van der Waals surface area contributed by atoms with E-state index < -0.39 is 5.92 Å². The fourth-order valence-corrected chi connectivity index (χ4v) is 3.20. The smallest absolute Gasteiger partial charge is 0.247 e. The third kappa shape index (κ3) is 5.88. The summed E-state index contributed by atoms with van der Waals surface area (Å²) in [7, 11) is 4.10. The van der Waals surface area contributed by atoms with Gasteiger partial charge in [-0.05, 0) is 49.2 Å². The summed E-state index contributed by atoms with van der Waals surface area (Å²) in [5.41, 5.74) is 6.36. The Morgan fingerprint density at radius 2 is 1.77 bits per heavy atom. The molecule has 6 heteroatoms. The van der Waals surface area contributed by atoms with Crippen LogP contribution in [0.2, 0.25) is 0 Å². The zero-order valence-corrected chi connectivity index (χ0v) is 18.6. The van der Waals surface area contributed by atoms with Gasteiger partial charge in [-0.3, -0.25) is 9.89 Å². The number of halogens is 2. The van der Waals surface area contributed by atoms with E-state index in [1.807, 2.05) is 32.3 Å². The van der Waals surface area contributed by atoms with Gasteiger partial charge >= 0.3 is 0 Å². The molecule has 1 N–H and O–H groups in total. The minimum absolute atomic E-state index is 0.0382. The molecule has 0 bridgehead atoms. The van der Waals surface area contributed by atoms with Crippen molar-refractivity contribution < 1.29 is 13.6 Å². The van der Waals surface area contributed by atoms with Gasteiger partial charge < -0.3 is 4.90 Å². The Bertz CT molecular complexity index is 1000. The Morgan fingerprint density at radius 1 is 1.10 bits per heavy atom. The second kappa shape index (κ2) is 9.83. The van der Waals surface area contributed by atoms with Gasteiger partial charge in [0.25, 0.3) is 0 Å². The van der Waals surface area contributed by atoms with E-state index in [0.29, 0.717) is 0 Å². The number of aromatic amines is 1. The number of benzene rings is 2. The highest BCUT2D eigenvalue weighted by Crippen LogP contribution is 2.24. The fourth-order valence-electron chi connectivity index (χ4n) is 3.20. The van der Waals surface area contributed by atoms with Crippen LogP contribution in [0, 0.1) is 6.92 Å². The lowest BCUT2D eigenvalue weighted by Gasteiger charge is -2.16. The average molecular weight is 416 g/mol. The van der Waals surface area contributed by atoms with Crippen LogP contribution in [0.15, 0.2) is 36.4 Å². The van der Waals surface area contributed by atoms with E-state index in [1.54, 1.807) is 6.92 Å². The van der Waals surface area contributed by atoms with Crippen LogP contribution in [-0.4, -0.2) is 36.0 Å². The maximum absolute atomic E-state index is 11.9. The minimum Gasteiger partial charge on any atom is -0.377 e. The van der Waals surface area contributed by atoms with E-state index in [0.717, 1.165) is 28.6 Å². The Hall–Kier alpha value is -2.76. The van der Waals surface area contributed by atoms with Crippen molar-refractivity contribution in [2.75, 3.05) is 19.0 Å². The Morgan fingerprint density at radius 3 is 2.27 bits per heavy atom. The van der Waals surface area contributed by atoms with Crippen molar-refractivity contribution >= 4 is 22.4 Å². The molecule has 3 rings (SSSR count). The minimum atomic E-state index is -2.42. The molecule has 0 amide bonds. The molecule has 30 heavy (non-hydrogen) atoms. The van der Waals surface area contributed by atoms with Crippen LogP contribution in [0.3, 0.4) is 0 Å². The number of H-pyrrole nitrogens is 1. The molecule has 1 aromatic heterocycles. The number of Topliss-reactive ketones (excluding diaryl/α,β-unsaturated/α-hetero) is 1. The molecule has 0 spiro atoms. The first-order valence-corrected chi connectivity index (χ1v) is 10.2. The number of nitrogens with zero attached hydrogens (tertiary/aromatic N) is 2. The molecule has 1 heterocycles. The summed E-state index contributed by atoms with van der Waals surface area (Å²) in [6.07, 6.45) is 0.694. The van der Waals surface area contributed by atoms with Crippen LogP contribution < -0.4 is 4.90 Å². The molecule has 162 valence electrons. The van der Waals surface area contributed by atoms with Gasteiger partial charge in [-0.2, -0.15) is 5.10 Å². The quantitative estimate of drug-likeness (QED) is 0.490. The number of carbonyl (C=O) groups excluding carboxylic acids is 1. The van der Waals surface area contributed by atoms with E-state index in [-0.39, 0.29) is 18.6 Å². The van der Waals surface area contributed by atoms with Gasteiger partial charge in [-0.25, -0.2) is 8.78 Å². The molecular weight excluding hydrogens is 384 g/mol. The van der Waals surface area contributed by atoms with Crippen molar-refractivity contribution in [2.45, 2.75) is 52.9 Å². The number of hydrogen-bond acceptors (Lipinski definition) is 3. The lowest BCUT2D eigenvalue weighted by atomic mass is 10.0. The van der Waals surface area contributed by atoms with Crippen molar-refractivity contribution in [3.63, 3.8) is 0 Å². The molecule has 4 nitrogen and oxygen atoms in total. The molecule has 0 aliphatic rings. The van der Waals surface area contributed by atoms with Crippen molar-refractivity contribution in [3.05, 3.63) is 58.8 Å². The van der Waals surface area contributed by atoms with E-state index in [9.17, 15) is 13.6 Å². The van der Waals surface area contributed by atoms with E-state index in [2.05, 4.69) is 40.2 Å². The normalized spacial score (nSPS) is 11.2. The summed E-state index contributed by atoms with van der Waals surface area (Å²) in [4.78, 5) is 13.7. The average Bonchev–Trinajstić information content (AvgIpc) is 3.10. The van der Waals surface area contributed by atoms with Crippen LogP contribution in [0.25, 0.3) is 10.9 Å². The molecule has 0 saturated carbocycles. The lowest BCUT2D eigenvalue weighted by molar-refractivity contribution is -0.00647. The number of ketones is 1. The molecule has 0 aliphatic carbocycles. The molecule has 0 fully saturated rings. The first-order chi connectivity index (χ1) is 14.1. The second-order valence-electron chi connectivity index (χ2n) is 7.75. The number of carbonyl (C=O) groups is 1. The van der Waals surface area contributed by atoms with Crippen LogP contribution in [0.5, 0.6) is 0 Å². The van der Waals surface area contributed by atoms with Crippen molar-refractivity contribution in [1.29, 1.82) is 0 Å². The zero-order valence-electron chi connectivity index (χ0n) is 18.6. The summed E-state index contributed by atoms with van der Waals surface area (Å²) in [6.45, 7) is 6.69. The van der Waals surface area contributed by atoms with Gasteiger partial charge in [0.15, 0.2) is 5.78 Å². The third-order valence-electron chi connectivity index (χ3n) is 5.20. The lowest BCUT2D eigenvalue weighted by Crippen LogP contribution is -2.10. The summed E-state index contributed by atoms with van der Waals surface area (Å²) >= 11 is 0. The Labute approximate surface area is 177 Å². The molecule has 2 aromatic carbocycles. The number of aryl methyl sites for hydroxylation is 1. The molecule has 0 unspecified atom stereocenters. The number of rotatable bonds is 6. The molecule has 0 aliphatic heterocycles. The molecule has 0 radical (unpaired) electrons. The standard InChI is InChI=1S/C19H21N3O.C5H10F2/c1-12-9-14(5-8-19(12)22(3)4)10-18-16-11-15(13(2)23)6-7-17(16)20-21-18;1-3-5(6,7)4-2/h5-9,11H,10H2,1-4H3,(H,20,21);3-4H2,1-2H3. The van der Waals surface area contributed by atoms with Crippen LogP contribution in [0.1, 0.15) is 60.8 Å². The van der Waals surface area contributed by atoms with Crippen LogP contribution in [0.4, 0.5) is 14.5 Å². The monoisotopic (exact) mass is 415 g/mol. The number of aromatic nitrogens is 2. The van der Waals surface area contributed by atoms with Gasteiger partial charge in [0.2, 0.25) is 5.92 Å². The Balaban J connectivity index is 0.000000396. The van der Waals surface area contributed by atoms with E-state index in [4.69, 9.17) is 0 Å². The van der Waals surface area contributed by atoms with Gasteiger partial charge in [0, 0.05) is 55.7 Å². The van der Waals surface area contributed by atoms with Gasteiger partial charge in [0.1, 0.15) is 0 Å². The van der Waals surface area contributed by atoms with Gasteiger partial charge in [0.05, 0.1) is 5.52 Å². The first-order valence-electron chi connectivity index (χ1n) is 10.2. The summed E-state index contributed by atoms with van der Waals surface area (Å²) in [6, 6.07) is 12.1. The van der Waals surface area contributed by atoms with Gasteiger partial charge in [-0.15, -0.1) is 0 Å². The summed E-state index contributed by atoms with van der Waals surface area (Å²) in [5.74, 6) is -2.34. The Kier molecular flexibility index (Phi) is 7.71. The first kappa shape index (κ1) is 23.5. The zero-order chi connectivity index (χ0) is 22.5. The highest BCUT2D eigenvalue weighted by Gasteiger charge is 2.21. The molecule has 3 aromatic rings. The second-order valence-corrected chi connectivity index (χ2v) is 7.75. The highest BCUT2D eigenvalue weighted by atomic mass is 19.3. The maximum Gasteiger partial charge on any atom is 0.247 e. The topological polar surface area (TPSA) is 49.0 Å². The van der Waals surface area contributed by atoms with Crippen molar-refractivity contribution in [3.8, 4) is 0 Å². The predicted molar refractivity (Wildman–Crippen MR) is 120 cm³/mol. The fraction of sp³-hybridized carbons (Fsp3) is 0.417. The number of fused-ring (bicyclic) bond motifs is 1. The third-order valence-corrected chi connectivity index (χ3v) is 5.20. The SMILES string of the molecule is CC(=O)c1ccc2n[nH]c(Cc3ccc(N(C)C)c(C)c3)c2c1.CCC(F)(F)CC. The van der Waals surface area contributed by atoms with Crippen LogP contribution in [-0.2, 0) is 6.42 Å². The predicted octanol–water partition coefficient (Wildman–Crippen LogP) is 6.17. The molecule has 0 atom stereocenters. The number of nitrogens with one attached hydrogen (secondary N) is 1. The largest absolute Gasteiger partial charge is 0.377 e. The van der Waals surface area contributed by atoms with Crippen molar-refractivity contribution in [1.82, 2.24) is 10.2 Å². The number of alkyl halides is 2. The van der Waals surface area contributed by atoms with E-state index in [1.165, 1.54) is 30.7 Å². The van der Waals surface area contributed by atoms with E-state index >= 15 is 0 Å². The number of anilines is 1. The highest BCUT2D eigenvalue weighted by molar-refractivity contribution is 5.98.